The highest BCUT2D eigenvalue weighted by molar-refractivity contribution is 7.90. The molecule has 2 N–H and O–H groups in total. The summed E-state index contributed by atoms with van der Waals surface area (Å²) in [4.78, 5) is 24.0. The predicted molar refractivity (Wildman–Crippen MR) is 101 cm³/mol. The first-order valence-electron chi connectivity index (χ1n) is 7.89. The van der Waals surface area contributed by atoms with Crippen LogP contribution in [-0.4, -0.2) is 33.0 Å². The molecule has 0 saturated carbocycles. The molecule has 2 aromatic carbocycles. The molecule has 0 heterocycles. The van der Waals surface area contributed by atoms with E-state index in [1.807, 2.05) is 0 Å². The summed E-state index contributed by atoms with van der Waals surface area (Å²) in [5.74, 6) is -0.487. The Kier molecular flexibility index (Phi) is 6.76. The SMILES string of the molecule is CS(=O)(=O)c1cccc(NC(=O)CCCNC(=O)c2ccc(Cl)cc2)c1. The average Bonchev–Trinajstić information content (AvgIpc) is 2.58. The minimum absolute atomic E-state index is 0.144. The number of sulfone groups is 1. The number of nitrogens with one attached hydrogen (secondary N) is 2. The molecule has 0 aliphatic heterocycles. The van der Waals surface area contributed by atoms with E-state index in [1.165, 1.54) is 12.1 Å². The van der Waals surface area contributed by atoms with Crippen molar-refractivity contribution in [1.82, 2.24) is 5.32 Å². The number of anilines is 1. The average molecular weight is 395 g/mol. The number of carbonyl (C=O) groups is 2. The van der Waals surface area contributed by atoms with E-state index in [0.717, 1.165) is 6.26 Å². The van der Waals surface area contributed by atoms with Crippen LogP contribution in [-0.2, 0) is 14.6 Å². The van der Waals surface area contributed by atoms with E-state index >= 15 is 0 Å². The van der Waals surface area contributed by atoms with E-state index in [9.17, 15) is 18.0 Å². The lowest BCUT2D eigenvalue weighted by molar-refractivity contribution is -0.116. The summed E-state index contributed by atoms with van der Waals surface area (Å²) in [5.41, 5.74) is 0.916. The zero-order chi connectivity index (χ0) is 19.2. The fraction of sp³-hybridized carbons (Fsp3) is 0.222. The van der Waals surface area contributed by atoms with E-state index in [-0.39, 0.29) is 23.1 Å². The number of benzene rings is 2. The van der Waals surface area contributed by atoms with Crippen LogP contribution in [0.4, 0.5) is 5.69 Å². The number of carbonyl (C=O) groups excluding carboxylic acids is 2. The van der Waals surface area contributed by atoms with Gasteiger partial charge in [-0.1, -0.05) is 17.7 Å². The van der Waals surface area contributed by atoms with Gasteiger partial charge in [-0.25, -0.2) is 8.42 Å². The van der Waals surface area contributed by atoms with Gasteiger partial charge in [0.05, 0.1) is 4.90 Å². The summed E-state index contributed by atoms with van der Waals surface area (Å²) in [7, 11) is -3.33. The summed E-state index contributed by atoms with van der Waals surface area (Å²) in [5, 5.41) is 5.93. The topological polar surface area (TPSA) is 92.3 Å². The van der Waals surface area contributed by atoms with Crippen molar-refractivity contribution in [2.24, 2.45) is 0 Å². The highest BCUT2D eigenvalue weighted by Gasteiger charge is 2.09. The van der Waals surface area contributed by atoms with Crippen LogP contribution in [0.1, 0.15) is 23.2 Å². The molecule has 138 valence electrons. The fourth-order valence-corrected chi connectivity index (χ4v) is 2.97. The number of hydrogen-bond acceptors (Lipinski definition) is 4. The van der Waals surface area contributed by atoms with E-state index in [1.54, 1.807) is 36.4 Å². The van der Waals surface area contributed by atoms with Gasteiger partial charge in [0.2, 0.25) is 5.91 Å². The first-order chi connectivity index (χ1) is 12.3. The Balaban J connectivity index is 1.77. The van der Waals surface area contributed by atoms with Crippen molar-refractivity contribution in [3.8, 4) is 0 Å². The largest absolute Gasteiger partial charge is 0.352 e. The maximum absolute atomic E-state index is 11.9. The molecule has 0 aliphatic rings. The number of amides is 2. The van der Waals surface area contributed by atoms with Crippen molar-refractivity contribution in [2.75, 3.05) is 18.1 Å². The molecular formula is C18H19ClN2O4S. The summed E-state index contributed by atoms with van der Waals surface area (Å²) < 4.78 is 23.0. The van der Waals surface area contributed by atoms with Crippen LogP contribution in [0.2, 0.25) is 5.02 Å². The second-order valence-corrected chi connectivity index (χ2v) is 8.17. The van der Waals surface area contributed by atoms with Gasteiger partial charge >= 0.3 is 0 Å². The van der Waals surface area contributed by atoms with Gasteiger partial charge in [0, 0.05) is 35.5 Å². The normalized spacial score (nSPS) is 11.0. The van der Waals surface area contributed by atoms with Crippen molar-refractivity contribution in [3.05, 3.63) is 59.1 Å². The predicted octanol–water partition coefficient (Wildman–Crippen LogP) is 2.89. The molecule has 0 aliphatic carbocycles. The molecule has 0 atom stereocenters. The Morgan fingerprint density at radius 1 is 1.08 bits per heavy atom. The van der Waals surface area contributed by atoms with Crippen molar-refractivity contribution in [2.45, 2.75) is 17.7 Å². The first-order valence-corrected chi connectivity index (χ1v) is 10.2. The summed E-state index contributed by atoms with van der Waals surface area (Å²) in [6, 6.07) is 12.6. The molecule has 6 nitrogen and oxygen atoms in total. The maximum atomic E-state index is 11.9. The Morgan fingerprint density at radius 2 is 1.77 bits per heavy atom. The second kappa shape index (κ2) is 8.82. The van der Waals surface area contributed by atoms with Crippen molar-refractivity contribution < 1.29 is 18.0 Å². The number of halogens is 1. The van der Waals surface area contributed by atoms with Gasteiger partial charge in [-0.3, -0.25) is 9.59 Å². The fourth-order valence-electron chi connectivity index (χ4n) is 2.18. The zero-order valence-corrected chi connectivity index (χ0v) is 15.7. The lowest BCUT2D eigenvalue weighted by Crippen LogP contribution is -2.25. The molecule has 0 unspecified atom stereocenters. The Bertz CT molecular complexity index is 896. The van der Waals surface area contributed by atoms with Gasteiger partial charge in [-0.2, -0.15) is 0 Å². The molecule has 2 rings (SSSR count). The molecule has 2 aromatic rings. The molecule has 0 aromatic heterocycles. The summed E-state index contributed by atoms with van der Waals surface area (Å²) >= 11 is 5.77. The second-order valence-electron chi connectivity index (χ2n) is 5.71. The van der Waals surface area contributed by atoms with Gasteiger partial charge in [0.15, 0.2) is 9.84 Å². The highest BCUT2D eigenvalue weighted by atomic mass is 35.5. The zero-order valence-electron chi connectivity index (χ0n) is 14.2. The Labute approximate surface area is 157 Å². The van der Waals surface area contributed by atoms with E-state index < -0.39 is 9.84 Å². The van der Waals surface area contributed by atoms with Gasteiger partial charge in [0.25, 0.3) is 5.91 Å². The van der Waals surface area contributed by atoms with Crippen molar-refractivity contribution in [1.29, 1.82) is 0 Å². The Hall–Kier alpha value is -2.38. The highest BCUT2D eigenvalue weighted by Crippen LogP contribution is 2.15. The number of rotatable bonds is 7. The lowest BCUT2D eigenvalue weighted by atomic mass is 10.2. The van der Waals surface area contributed by atoms with E-state index in [4.69, 9.17) is 11.6 Å². The van der Waals surface area contributed by atoms with Crippen LogP contribution in [0.15, 0.2) is 53.4 Å². The standard InChI is InChI=1S/C18H19ClN2O4S/c1-26(24,25)16-5-2-4-15(12-16)21-17(22)6-3-11-20-18(23)13-7-9-14(19)10-8-13/h2,4-5,7-10,12H,3,6,11H2,1H3,(H,20,23)(H,21,22). The van der Waals surface area contributed by atoms with Crippen LogP contribution < -0.4 is 10.6 Å². The van der Waals surface area contributed by atoms with Gasteiger partial charge in [-0.05, 0) is 48.9 Å². The van der Waals surface area contributed by atoms with Gasteiger partial charge in [0.1, 0.15) is 0 Å². The minimum Gasteiger partial charge on any atom is -0.352 e. The third kappa shape index (κ3) is 6.16. The molecule has 8 heteroatoms. The smallest absolute Gasteiger partial charge is 0.251 e. The molecule has 0 spiro atoms. The van der Waals surface area contributed by atoms with Crippen LogP contribution in [0.25, 0.3) is 0 Å². The molecule has 0 radical (unpaired) electrons. The maximum Gasteiger partial charge on any atom is 0.251 e. The molecule has 2 amide bonds. The minimum atomic E-state index is -3.33. The molecular weight excluding hydrogens is 376 g/mol. The van der Waals surface area contributed by atoms with Crippen LogP contribution >= 0.6 is 11.6 Å². The van der Waals surface area contributed by atoms with Crippen molar-refractivity contribution >= 4 is 38.9 Å². The monoisotopic (exact) mass is 394 g/mol. The van der Waals surface area contributed by atoms with Crippen molar-refractivity contribution in [3.63, 3.8) is 0 Å². The lowest BCUT2D eigenvalue weighted by Gasteiger charge is -2.08. The summed E-state index contributed by atoms with van der Waals surface area (Å²) in [6.07, 6.45) is 1.76. The molecule has 0 fully saturated rings. The third-order valence-corrected chi connectivity index (χ3v) is 4.88. The number of hydrogen-bond donors (Lipinski definition) is 2. The third-order valence-electron chi connectivity index (χ3n) is 3.52. The van der Waals surface area contributed by atoms with E-state index in [0.29, 0.717) is 29.2 Å². The van der Waals surface area contributed by atoms with Crippen LogP contribution in [0.3, 0.4) is 0 Å². The quantitative estimate of drug-likeness (QED) is 0.706. The van der Waals surface area contributed by atoms with E-state index in [2.05, 4.69) is 10.6 Å². The first kappa shape index (κ1) is 19.9. The molecule has 0 bridgehead atoms. The van der Waals surface area contributed by atoms with Crippen LogP contribution in [0.5, 0.6) is 0 Å². The van der Waals surface area contributed by atoms with Crippen LogP contribution in [0, 0.1) is 0 Å². The molecule has 0 saturated heterocycles. The summed E-state index contributed by atoms with van der Waals surface area (Å²) in [6.45, 7) is 0.345. The van der Waals surface area contributed by atoms with Gasteiger partial charge < -0.3 is 10.6 Å². The molecule has 26 heavy (non-hydrogen) atoms. The van der Waals surface area contributed by atoms with Gasteiger partial charge in [-0.15, -0.1) is 0 Å². The Morgan fingerprint density at radius 3 is 2.42 bits per heavy atom.